The molecular formula is C20H18N2O7. The summed E-state index contributed by atoms with van der Waals surface area (Å²) in [5.41, 5.74) is -0.309. The van der Waals surface area contributed by atoms with Crippen LogP contribution in [0.5, 0.6) is 11.5 Å². The minimum atomic E-state index is -1.30. The summed E-state index contributed by atoms with van der Waals surface area (Å²) in [6.45, 7) is 0.723. The number of pyridine rings is 1. The minimum absolute atomic E-state index is 0.0197. The maximum absolute atomic E-state index is 12.5. The van der Waals surface area contributed by atoms with E-state index in [9.17, 15) is 24.8 Å². The van der Waals surface area contributed by atoms with Gasteiger partial charge in [0, 0.05) is 24.9 Å². The van der Waals surface area contributed by atoms with Crippen molar-refractivity contribution in [3.8, 4) is 11.5 Å². The number of carboxylic acid groups (broad SMARTS) is 1. The molecule has 0 spiro atoms. The van der Waals surface area contributed by atoms with Gasteiger partial charge < -0.3 is 19.1 Å². The van der Waals surface area contributed by atoms with Gasteiger partial charge in [0.25, 0.3) is 5.69 Å². The number of aromatic nitrogens is 1. The molecule has 0 saturated carbocycles. The van der Waals surface area contributed by atoms with Gasteiger partial charge in [-0.1, -0.05) is 0 Å². The smallest absolute Gasteiger partial charge is 0.341 e. The van der Waals surface area contributed by atoms with E-state index in [2.05, 4.69) is 0 Å². The van der Waals surface area contributed by atoms with Crippen LogP contribution in [-0.4, -0.2) is 34.3 Å². The summed E-state index contributed by atoms with van der Waals surface area (Å²) in [6.07, 6.45) is 1.85. The molecule has 0 aliphatic heterocycles. The molecule has 0 aliphatic rings. The van der Waals surface area contributed by atoms with E-state index >= 15 is 0 Å². The van der Waals surface area contributed by atoms with Crippen LogP contribution in [0, 0.1) is 10.1 Å². The average molecular weight is 398 g/mol. The van der Waals surface area contributed by atoms with Crippen molar-refractivity contribution in [2.24, 2.45) is 0 Å². The summed E-state index contributed by atoms with van der Waals surface area (Å²) in [5.74, 6) is -0.336. The van der Waals surface area contributed by atoms with Crippen molar-refractivity contribution in [3.63, 3.8) is 0 Å². The Kier molecular flexibility index (Phi) is 5.77. The van der Waals surface area contributed by atoms with Gasteiger partial charge in [-0.15, -0.1) is 0 Å². The lowest BCUT2D eigenvalue weighted by Gasteiger charge is -2.13. The number of carbonyl (C=O) groups is 1. The van der Waals surface area contributed by atoms with E-state index in [-0.39, 0.29) is 16.6 Å². The van der Waals surface area contributed by atoms with Gasteiger partial charge in [-0.25, -0.2) is 4.79 Å². The number of benzene rings is 2. The van der Waals surface area contributed by atoms with E-state index in [1.165, 1.54) is 43.6 Å². The zero-order valence-electron chi connectivity index (χ0n) is 15.5. The number of ether oxygens (including phenoxy) is 2. The van der Waals surface area contributed by atoms with Crippen molar-refractivity contribution in [1.82, 2.24) is 4.57 Å². The van der Waals surface area contributed by atoms with E-state index in [1.54, 1.807) is 16.7 Å². The predicted octanol–water partition coefficient (Wildman–Crippen LogP) is 3.09. The summed E-state index contributed by atoms with van der Waals surface area (Å²) >= 11 is 0. The lowest BCUT2D eigenvalue weighted by Crippen LogP contribution is -2.19. The number of aryl methyl sites for hydroxylation is 1. The van der Waals surface area contributed by atoms with Crippen LogP contribution in [0.15, 0.2) is 53.5 Å². The molecule has 1 aromatic heterocycles. The molecule has 0 aliphatic carbocycles. The SMILES string of the molecule is COc1ccc2c(c1)c(=O)c(C(=O)O)cn2CCCOc1ccc([N+](=O)[O-])cc1. The fourth-order valence-corrected chi connectivity index (χ4v) is 2.93. The second kappa shape index (κ2) is 8.42. The zero-order valence-corrected chi connectivity index (χ0v) is 15.5. The number of hydrogen-bond acceptors (Lipinski definition) is 6. The van der Waals surface area contributed by atoms with Gasteiger partial charge in [0.05, 0.1) is 29.5 Å². The van der Waals surface area contributed by atoms with Crippen LogP contribution in [0.3, 0.4) is 0 Å². The number of nitro groups is 1. The van der Waals surface area contributed by atoms with Crippen LogP contribution >= 0.6 is 0 Å². The summed E-state index contributed by atoms with van der Waals surface area (Å²) in [6, 6.07) is 10.7. The molecule has 9 nitrogen and oxygen atoms in total. The van der Waals surface area contributed by atoms with Gasteiger partial charge >= 0.3 is 5.97 Å². The van der Waals surface area contributed by atoms with Crippen LogP contribution in [-0.2, 0) is 6.54 Å². The molecule has 0 amide bonds. The fourth-order valence-electron chi connectivity index (χ4n) is 2.93. The molecule has 9 heteroatoms. The fraction of sp³-hybridized carbons (Fsp3) is 0.200. The van der Waals surface area contributed by atoms with Gasteiger partial charge in [0.2, 0.25) is 5.43 Å². The van der Waals surface area contributed by atoms with Crippen molar-refractivity contribution in [2.45, 2.75) is 13.0 Å². The lowest BCUT2D eigenvalue weighted by atomic mass is 10.1. The van der Waals surface area contributed by atoms with Gasteiger partial charge in [-0.05, 0) is 36.8 Å². The number of carboxylic acids is 1. The Bertz CT molecular complexity index is 1120. The highest BCUT2D eigenvalue weighted by Gasteiger charge is 2.15. The summed E-state index contributed by atoms with van der Waals surface area (Å²) in [4.78, 5) is 34.1. The summed E-state index contributed by atoms with van der Waals surface area (Å²) in [7, 11) is 1.47. The first kappa shape index (κ1) is 19.9. The van der Waals surface area contributed by atoms with Crippen molar-refractivity contribution >= 4 is 22.6 Å². The van der Waals surface area contributed by atoms with Gasteiger partial charge in [-0.2, -0.15) is 0 Å². The van der Waals surface area contributed by atoms with Crippen LogP contribution in [0.4, 0.5) is 5.69 Å². The predicted molar refractivity (Wildman–Crippen MR) is 105 cm³/mol. The number of aromatic carboxylic acids is 1. The third-order valence-electron chi connectivity index (χ3n) is 4.38. The Balaban J connectivity index is 1.77. The van der Waals surface area contributed by atoms with E-state index in [0.29, 0.717) is 36.6 Å². The third kappa shape index (κ3) is 4.34. The third-order valence-corrected chi connectivity index (χ3v) is 4.38. The van der Waals surface area contributed by atoms with Crippen LogP contribution in [0.1, 0.15) is 16.8 Å². The first-order valence-electron chi connectivity index (χ1n) is 8.72. The molecule has 1 N–H and O–H groups in total. The molecule has 0 atom stereocenters. The van der Waals surface area contributed by atoms with Crippen LogP contribution < -0.4 is 14.9 Å². The monoisotopic (exact) mass is 398 g/mol. The molecule has 0 saturated heterocycles. The van der Waals surface area contributed by atoms with E-state index in [1.807, 2.05) is 0 Å². The number of nitrogens with zero attached hydrogens (tertiary/aromatic N) is 2. The molecule has 3 aromatic rings. The van der Waals surface area contributed by atoms with E-state index in [0.717, 1.165) is 0 Å². The summed E-state index contributed by atoms with van der Waals surface area (Å²) < 4.78 is 12.4. The van der Waals surface area contributed by atoms with Crippen molar-refractivity contribution < 1.29 is 24.3 Å². The quantitative estimate of drug-likeness (QED) is 0.351. The largest absolute Gasteiger partial charge is 0.497 e. The Labute approximate surface area is 164 Å². The molecule has 3 rings (SSSR count). The van der Waals surface area contributed by atoms with Crippen molar-refractivity contribution in [3.05, 3.63) is 74.6 Å². The maximum atomic E-state index is 12.5. The number of hydrogen-bond donors (Lipinski definition) is 1. The molecule has 29 heavy (non-hydrogen) atoms. The first-order valence-corrected chi connectivity index (χ1v) is 8.72. The molecule has 0 fully saturated rings. The highest BCUT2D eigenvalue weighted by molar-refractivity contribution is 5.92. The second-order valence-corrected chi connectivity index (χ2v) is 6.21. The number of nitro benzene ring substituents is 1. The van der Waals surface area contributed by atoms with Crippen molar-refractivity contribution in [1.29, 1.82) is 0 Å². The number of rotatable bonds is 8. The van der Waals surface area contributed by atoms with Crippen LogP contribution in [0.25, 0.3) is 10.9 Å². The van der Waals surface area contributed by atoms with Crippen LogP contribution in [0.2, 0.25) is 0 Å². The van der Waals surface area contributed by atoms with Crippen molar-refractivity contribution in [2.75, 3.05) is 13.7 Å². The highest BCUT2D eigenvalue weighted by atomic mass is 16.6. The van der Waals surface area contributed by atoms with Gasteiger partial charge in [-0.3, -0.25) is 14.9 Å². The zero-order chi connectivity index (χ0) is 21.0. The molecule has 150 valence electrons. The standard InChI is InChI=1S/C20H18N2O7/c1-28-15-7-8-18-16(11-15)19(23)17(20(24)25)12-21(18)9-2-10-29-14-5-3-13(4-6-14)22(26)27/h3-8,11-12H,2,9-10H2,1H3,(H,24,25). The average Bonchev–Trinajstić information content (AvgIpc) is 2.72. The molecule has 2 aromatic carbocycles. The molecule has 0 radical (unpaired) electrons. The van der Waals surface area contributed by atoms with E-state index < -0.39 is 16.3 Å². The second-order valence-electron chi connectivity index (χ2n) is 6.21. The maximum Gasteiger partial charge on any atom is 0.341 e. The molecule has 0 bridgehead atoms. The summed E-state index contributed by atoms with van der Waals surface area (Å²) in [5, 5.41) is 20.3. The molecular weight excluding hydrogens is 380 g/mol. The number of non-ortho nitro benzene ring substituents is 1. The molecule has 0 unspecified atom stereocenters. The Hall–Kier alpha value is -3.88. The minimum Gasteiger partial charge on any atom is -0.497 e. The van der Waals surface area contributed by atoms with Gasteiger partial charge in [0.1, 0.15) is 17.1 Å². The van der Waals surface area contributed by atoms with E-state index in [4.69, 9.17) is 9.47 Å². The topological polar surface area (TPSA) is 121 Å². The number of fused-ring (bicyclic) bond motifs is 1. The Morgan fingerprint density at radius 2 is 1.86 bits per heavy atom. The molecule has 1 heterocycles. The van der Waals surface area contributed by atoms with Gasteiger partial charge in [0.15, 0.2) is 0 Å². The Morgan fingerprint density at radius 1 is 1.17 bits per heavy atom. The lowest BCUT2D eigenvalue weighted by molar-refractivity contribution is -0.384. The highest BCUT2D eigenvalue weighted by Crippen LogP contribution is 2.20. The first-order chi connectivity index (χ1) is 13.9. The number of methoxy groups -OCH3 is 1. The Morgan fingerprint density at radius 3 is 2.48 bits per heavy atom. The normalized spacial score (nSPS) is 10.7.